The quantitative estimate of drug-likeness (QED) is 0.781. The Morgan fingerprint density at radius 3 is 2.71 bits per heavy atom. The molecule has 0 spiro atoms. The Morgan fingerprint density at radius 1 is 1.53 bits per heavy atom. The zero-order valence-electron chi connectivity index (χ0n) is 10.7. The second-order valence-electron chi connectivity index (χ2n) is 4.67. The van der Waals surface area contributed by atoms with Gasteiger partial charge in [-0.25, -0.2) is 0 Å². The van der Waals surface area contributed by atoms with E-state index in [0.29, 0.717) is 6.04 Å². The summed E-state index contributed by atoms with van der Waals surface area (Å²) in [6.45, 7) is 4.63. The summed E-state index contributed by atoms with van der Waals surface area (Å²) in [7, 11) is 3.63. The van der Waals surface area contributed by atoms with Gasteiger partial charge in [0.2, 0.25) is 0 Å². The molecule has 1 fully saturated rings. The largest absolute Gasteiger partial charge is 0.383 e. The molecule has 5 heteroatoms. The predicted octanol–water partition coefficient (Wildman–Crippen LogP) is 1.99. The molecule has 1 saturated carbocycles. The molecule has 1 aliphatic rings. The Morgan fingerprint density at radius 2 is 2.24 bits per heavy atom. The SMILES string of the molecule is COCCN(Cc1c(C)nn(C)c1Cl)C1CC1. The fraction of sp³-hybridized carbons (Fsp3) is 0.750. The lowest BCUT2D eigenvalue weighted by atomic mass is 10.2. The van der Waals surface area contributed by atoms with E-state index in [-0.39, 0.29) is 0 Å². The fourth-order valence-corrected chi connectivity index (χ4v) is 2.33. The van der Waals surface area contributed by atoms with Crippen LogP contribution in [-0.4, -0.2) is 41.0 Å². The molecule has 2 rings (SSSR count). The van der Waals surface area contributed by atoms with Crippen molar-refractivity contribution in [3.05, 3.63) is 16.4 Å². The number of rotatable bonds is 6. The van der Waals surface area contributed by atoms with Gasteiger partial charge in [0.05, 0.1) is 12.3 Å². The van der Waals surface area contributed by atoms with Gasteiger partial charge in [0.15, 0.2) is 0 Å². The molecule has 1 aliphatic carbocycles. The first kappa shape index (κ1) is 12.9. The van der Waals surface area contributed by atoms with Crippen LogP contribution in [0.4, 0.5) is 0 Å². The Labute approximate surface area is 107 Å². The average molecular weight is 258 g/mol. The van der Waals surface area contributed by atoms with Crippen molar-refractivity contribution >= 4 is 11.6 Å². The van der Waals surface area contributed by atoms with Crippen LogP contribution in [0.3, 0.4) is 0 Å². The highest BCUT2D eigenvalue weighted by Gasteiger charge is 2.29. The number of nitrogens with zero attached hydrogens (tertiary/aromatic N) is 3. The molecule has 0 N–H and O–H groups in total. The molecule has 0 aromatic carbocycles. The normalized spacial score (nSPS) is 15.8. The van der Waals surface area contributed by atoms with E-state index in [2.05, 4.69) is 10.00 Å². The third kappa shape index (κ3) is 3.00. The minimum absolute atomic E-state index is 0.709. The molecule has 0 radical (unpaired) electrons. The van der Waals surface area contributed by atoms with Crippen molar-refractivity contribution in [3.63, 3.8) is 0 Å². The first-order chi connectivity index (χ1) is 8.13. The molecule has 0 amide bonds. The summed E-state index contributed by atoms with van der Waals surface area (Å²) in [5.74, 6) is 0. The molecule has 0 saturated heterocycles. The molecule has 0 atom stereocenters. The summed E-state index contributed by atoms with van der Waals surface area (Å²) >= 11 is 6.26. The molecule has 0 bridgehead atoms. The summed E-state index contributed by atoms with van der Waals surface area (Å²) in [5, 5.41) is 5.11. The van der Waals surface area contributed by atoms with Crippen LogP contribution < -0.4 is 0 Å². The number of halogens is 1. The summed E-state index contributed by atoms with van der Waals surface area (Å²) in [6, 6.07) is 0.709. The highest BCUT2D eigenvalue weighted by molar-refractivity contribution is 6.30. The summed E-state index contributed by atoms with van der Waals surface area (Å²) in [5.41, 5.74) is 2.18. The smallest absolute Gasteiger partial charge is 0.131 e. The number of aromatic nitrogens is 2. The summed E-state index contributed by atoms with van der Waals surface area (Å²) < 4.78 is 6.90. The van der Waals surface area contributed by atoms with Gasteiger partial charge in [0, 0.05) is 38.9 Å². The van der Waals surface area contributed by atoms with Crippen molar-refractivity contribution in [2.75, 3.05) is 20.3 Å². The van der Waals surface area contributed by atoms with Gasteiger partial charge in [-0.05, 0) is 19.8 Å². The van der Waals surface area contributed by atoms with E-state index in [4.69, 9.17) is 16.3 Å². The Bertz CT molecular complexity index is 387. The van der Waals surface area contributed by atoms with Crippen molar-refractivity contribution in [2.45, 2.75) is 32.4 Å². The Hall–Kier alpha value is -0.580. The lowest BCUT2D eigenvalue weighted by Gasteiger charge is -2.21. The molecular formula is C12H20ClN3O. The highest BCUT2D eigenvalue weighted by atomic mass is 35.5. The molecule has 1 heterocycles. The fourth-order valence-electron chi connectivity index (χ4n) is 2.10. The van der Waals surface area contributed by atoms with Crippen molar-refractivity contribution in [2.24, 2.45) is 7.05 Å². The Balaban J connectivity index is 2.05. The molecule has 4 nitrogen and oxygen atoms in total. The van der Waals surface area contributed by atoms with Crippen LogP contribution in [0.1, 0.15) is 24.1 Å². The van der Waals surface area contributed by atoms with Gasteiger partial charge < -0.3 is 4.74 Å². The van der Waals surface area contributed by atoms with Crippen LogP contribution in [0.5, 0.6) is 0 Å². The molecule has 96 valence electrons. The predicted molar refractivity (Wildman–Crippen MR) is 68.3 cm³/mol. The molecule has 1 aromatic rings. The zero-order chi connectivity index (χ0) is 12.4. The van der Waals surface area contributed by atoms with E-state index in [1.807, 2.05) is 14.0 Å². The molecule has 0 aliphatic heterocycles. The number of hydrogen-bond donors (Lipinski definition) is 0. The first-order valence-corrected chi connectivity index (χ1v) is 6.42. The Kier molecular flexibility index (Phi) is 4.07. The zero-order valence-corrected chi connectivity index (χ0v) is 11.5. The van der Waals surface area contributed by atoms with Crippen LogP contribution >= 0.6 is 11.6 Å². The van der Waals surface area contributed by atoms with Gasteiger partial charge in [0.25, 0.3) is 0 Å². The lowest BCUT2D eigenvalue weighted by molar-refractivity contribution is 0.139. The van der Waals surface area contributed by atoms with E-state index >= 15 is 0 Å². The van der Waals surface area contributed by atoms with Crippen molar-refractivity contribution < 1.29 is 4.74 Å². The first-order valence-electron chi connectivity index (χ1n) is 6.04. The second-order valence-corrected chi connectivity index (χ2v) is 5.03. The summed E-state index contributed by atoms with van der Waals surface area (Å²) in [4.78, 5) is 2.44. The minimum atomic E-state index is 0.709. The number of aryl methyl sites for hydroxylation is 2. The van der Waals surface area contributed by atoms with Gasteiger partial charge in [-0.2, -0.15) is 5.10 Å². The van der Waals surface area contributed by atoms with Crippen LogP contribution in [0, 0.1) is 6.92 Å². The third-order valence-corrected chi connectivity index (χ3v) is 3.75. The van der Waals surface area contributed by atoms with Gasteiger partial charge in [0.1, 0.15) is 5.15 Å². The molecule has 0 unspecified atom stereocenters. The van der Waals surface area contributed by atoms with Gasteiger partial charge in [-0.15, -0.1) is 0 Å². The maximum atomic E-state index is 6.26. The molecule has 17 heavy (non-hydrogen) atoms. The maximum Gasteiger partial charge on any atom is 0.131 e. The van der Waals surface area contributed by atoms with Crippen molar-refractivity contribution in [1.82, 2.24) is 14.7 Å². The average Bonchev–Trinajstić information content (AvgIpc) is 3.09. The van der Waals surface area contributed by atoms with Crippen LogP contribution in [0.15, 0.2) is 0 Å². The van der Waals surface area contributed by atoms with E-state index in [1.165, 1.54) is 12.8 Å². The van der Waals surface area contributed by atoms with E-state index in [0.717, 1.165) is 36.1 Å². The number of ether oxygens (including phenoxy) is 1. The molecular weight excluding hydrogens is 238 g/mol. The van der Waals surface area contributed by atoms with Gasteiger partial charge in [-0.3, -0.25) is 9.58 Å². The van der Waals surface area contributed by atoms with Crippen LogP contribution in [0.25, 0.3) is 0 Å². The standard InChI is InChI=1S/C12H20ClN3O/c1-9-11(12(13)15(2)14-9)8-16(6-7-17-3)10-4-5-10/h10H,4-8H2,1-3H3. The third-order valence-electron chi connectivity index (χ3n) is 3.28. The van der Waals surface area contributed by atoms with Crippen molar-refractivity contribution in [1.29, 1.82) is 0 Å². The molecule has 1 aromatic heterocycles. The topological polar surface area (TPSA) is 30.3 Å². The maximum absolute atomic E-state index is 6.26. The second kappa shape index (κ2) is 5.38. The van der Waals surface area contributed by atoms with Crippen LogP contribution in [0.2, 0.25) is 5.15 Å². The van der Waals surface area contributed by atoms with Crippen molar-refractivity contribution in [3.8, 4) is 0 Å². The van der Waals surface area contributed by atoms with E-state index in [1.54, 1.807) is 11.8 Å². The lowest BCUT2D eigenvalue weighted by Crippen LogP contribution is -2.29. The minimum Gasteiger partial charge on any atom is -0.383 e. The highest BCUT2D eigenvalue weighted by Crippen LogP contribution is 2.30. The van der Waals surface area contributed by atoms with Crippen LogP contribution in [-0.2, 0) is 18.3 Å². The van der Waals surface area contributed by atoms with E-state index in [9.17, 15) is 0 Å². The summed E-state index contributed by atoms with van der Waals surface area (Å²) in [6.07, 6.45) is 2.58. The van der Waals surface area contributed by atoms with Gasteiger partial charge >= 0.3 is 0 Å². The van der Waals surface area contributed by atoms with Gasteiger partial charge in [-0.1, -0.05) is 11.6 Å². The number of hydrogen-bond acceptors (Lipinski definition) is 3. The monoisotopic (exact) mass is 257 g/mol. The number of methoxy groups -OCH3 is 1. The van der Waals surface area contributed by atoms with E-state index < -0.39 is 0 Å².